The molecule has 1 aliphatic heterocycles. The number of thioether (sulfide) groups is 1. The zero-order chi connectivity index (χ0) is 11.5. The van der Waals surface area contributed by atoms with Crippen LogP contribution in [0.5, 0.6) is 0 Å². The lowest BCUT2D eigenvalue weighted by Gasteiger charge is -2.27. The van der Waals surface area contributed by atoms with Crippen molar-refractivity contribution in [2.75, 3.05) is 12.3 Å². The second-order valence-corrected chi connectivity index (χ2v) is 5.62. The first kappa shape index (κ1) is 12.2. The van der Waals surface area contributed by atoms with Gasteiger partial charge in [-0.1, -0.05) is 23.7 Å². The lowest BCUT2D eigenvalue weighted by atomic mass is 10.0. The molecule has 0 radical (unpaired) electrons. The summed E-state index contributed by atoms with van der Waals surface area (Å²) in [6, 6.07) is 6.37. The maximum absolute atomic E-state index is 9.29. The van der Waals surface area contributed by atoms with E-state index in [0.717, 1.165) is 17.2 Å². The summed E-state index contributed by atoms with van der Waals surface area (Å²) < 4.78 is 0. The van der Waals surface area contributed by atoms with Gasteiger partial charge in [-0.25, -0.2) is 0 Å². The molecule has 1 unspecified atom stereocenters. The number of aliphatic hydroxyl groups excluding tert-OH is 1. The molecule has 0 aliphatic carbocycles. The molecule has 2 nitrogen and oxygen atoms in total. The van der Waals surface area contributed by atoms with E-state index in [2.05, 4.69) is 11.4 Å². The normalized spacial score (nSPS) is 21.6. The fourth-order valence-corrected chi connectivity index (χ4v) is 3.40. The molecule has 1 aromatic carbocycles. The van der Waals surface area contributed by atoms with Gasteiger partial charge in [-0.05, 0) is 30.7 Å². The van der Waals surface area contributed by atoms with Crippen molar-refractivity contribution < 1.29 is 5.11 Å². The van der Waals surface area contributed by atoms with Crippen molar-refractivity contribution in [3.8, 4) is 0 Å². The van der Waals surface area contributed by atoms with Crippen LogP contribution in [0.2, 0.25) is 5.02 Å². The van der Waals surface area contributed by atoms with Gasteiger partial charge in [-0.2, -0.15) is 0 Å². The molecule has 16 heavy (non-hydrogen) atoms. The van der Waals surface area contributed by atoms with E-state index in [0.29, 0.717) is 12.6 Å². The van der Waals surface area contributed by atoms with Crippen molar-refractivity contribution in [1.82, 2.24) is 5.32 Å². The standard InChI is InChI=1S/C12H16ClNOS/c1-8(15)7-14-11-5-6-16-12-9(11)3-2-4-10(12)13/h2-4,8,11,14-15H,5-7H2,1H3/t8-,11?/m0/s1. The minimum absolute atomic E-state index is 0.308. The Morgan fingerprint density at radius 2 is 2.44 bits per heavy atom. The first-order valence-electron chi connectivity index (χ1n) is 5.51. The Bertz CT molecular complexity index is 370. The Balaban J connectivity index is 2.16. The number of halogens is 1. The molecule has 1 aromatic rings. The summed E-state index contributed by atoms with van der Waals surface area (Å²) >= 11 is 7.99. The van der Waals surface area contributed by atoms with E-state index < -0.39 is 0 Å². The molecule has 0 bridgehead atoms. The van der Waals surface area contributed by atoms with Crippen LogP contribution in [0.4, 0.5) is 0 Å². The van der Waals surface area contributed by atoms with Crippen LogP contribution in [0, 0.1) is 0 Å². The summed E-state index contributed by atoms with van der Waals surface area (Å²) in [5.74, 6) is 1.08. The van der Waals surface area contributed by atoms with Gasteiger partial charge < -0.3 is 10.4 Å². The molecule has 4 heteroatoms. The predicted octanol–water partition coefficient (Wildman–Crippen LogP) is 2.85. The molecular weight excluding hydrogens is 242 g/mol. The van der Waals surface area contributed by atoms with Crippen LogP contribution in [-0.4, -0.2) is 23.5 Å². The Kier molecular flexibility index (Phi) is 4.14. The van der Waals surface area contributed by atoms with Crippen molar-refractivity contribution in [2.24, 2.45) is 0 Å². The van der Waals surface area contributed by atoms with Crippen LogP contribution in [0.3, 0.4) is 0 Å². The summed E-state index contributed by atoms with van der Waals surface area (Å²) in [6.45, 7) is 2.42. The maximum atomic E-state index is 9.29. The zero-order valence-corrected chi connectivity index (χ0v) is 10.8. The molecule has 0 spiro atoms. The highest BCUT2D eigenvalue weighted by molar-refractivity contribution is 7.99. The number of aliphatic hydroxyl groups is 1. The monoisotopic (exact) mass is 257 g/mol. The highest BCUT2D eigenvalue weighted by atomic mass is 35.5. The van der Waals surface area contributed by atoms with Gasteiger partial charge >= 0.3 is 0 Å². The molecule has 0 saturated heterocycles. The first-order chi connectivity index (χ1) is 7.68. The number of hydrogen-bond donors (Lipinski definition) is 2. The number of nitrogens with one attached hydrogen (secondary N) is 1. The van der Waals surface area contributed by atoms with Gasteiger partial charge in [0.05, 0.1) is 11.1 Å². The van der Waals surface area contributed by atoms with E-state index in [1.807, 2.05) is 23.9 Å². The predicted molar refractivity (Wildman–Crippen MR) is 69.2 cm³/mol. The average molecular weight is 258 g/mol. The molecule has 2 rings (SSSR count). The van der Waals surface area contributed by atoms with Gasteiger partial charge in [0.15, 0.2) is 0 Å². The Morgan fingerprint density at radius 3 is 3.19 bits per heavy atom. The second-order valence-electron chi connectivity index (χ2n) is 4.11. The third kappa shape index (κ3) is 2.72. The average Bonchev–Trinajstić information content (AvgIpc) is 2.27. The van der Waals surface area contributed by atoms with Crippen molar-refractivity contribution in [2.45, 2.75) is 30.4 Å². The van der Waals surface area contributed by atoms with Crippen LogP contribution in [0.25, 0.3) is 0 Å². The van der Waals surface area contributed by atoms with Gasteiger partial charge in [-0.15, -0.1) is 11.8 Å². The lowest BCUT2D eigenvalue weighted by molar-refractivity contribution is 0.185. The van der Waals surface area contributed by atoms with Crippen molar-refractivity contribution in [3.63, 3.8) is 0 Å². The van der Waals surface area contributed by atoms with Crippen LogP contribution < -0.4 is 5.32 Å². The van der Waals surface area contributed by atoms with E-state index in [-0.39, 0.29) is 6.10 Å². The third-order valence-electron chi connectivity index (χ3n) is 2.69. The van der Waals surface area contributed by atoms with Gasteiger partial charge in [0.25, 0.3) is 0 Å². The molecular formula is C12H16ClNOS. The van der Waals surface area contributed by atoms with E-state index in [1.54, 1.807) is 6.92 Å². The second kappa shape index (κ2) is 5.41. The quantitative estimate of drug-likeness (QED) is 0.874. The molecule has 0 saturated carbocycles. The van der Waals surface area contributed by atoms with E-state index in [4.69, 9.17) is 11.6 Å². The SMILES string of the molecule is C[C@H](O)CNC1CCSc2c(Cl)cccc21. The summed E-state index contributed by atoms with van der Waals surface area (Å²) in [4.78, 5) is 1.19. The van der Waals surface area contributed by atoms with Crippen LogP contribution in [-0.2, 0) is 0 Å². The van der Waals surface area contributed by atoms with Gasteiger partial charge in [0.2, 0.25) is 0 Å². The maximum Gasteiger partial charge on any atom is 0.0636 e. The minimum Gasteiger partial charge on any atom is -0.392 e. The Labute approximate surface area is 105 Å². The molecule has 0 amide bonds. The molecule has 2 N–H and O–H groups in total. The number of hydrogen-bond acceptors (Lipinski definition) is 3. The van der Waals surface area contributed by atoms with E-state index >= 15 is 0 Å². The summed E-state index contributed by atoms with van der Waals surface area (Å²) in [5, 5.41) is 13.5. The van der Waals surface area contributed by atoms with Crippen LogP contribution >= 0.6 is 23.4 Å². The highest BCUT2D eigenvalue weighted by Crippen LogP contribution is 2.40. The molecule has 1 heterocycles. The van der Waals surface area contributed by atoms with E-state index in [1.165, 1.54) is 10.5 Å². The van der Waals surface area contributed by atoms with Crippen LogP contribution in [0.1, 0.15) is 24.9 Å². The highest BCUT2D eigenvalue weighted by Gasteiger charge is 2.21. The smallest absolute Gasteiger partial charge is 0.0636 e. The fraction of sp³-hybridized carbons (Fsp3) is 0.500. The largest absolute Gasteiger partial charge is 0.392 e. The molecule has 1 aliphatic rings. The van der Waals surface area contributed by atoms with Crippen molar-refractivity contribution >= 4 is 23.4 Å². The van der Waals surface area contributed by atoms with Gasteiger partial charge in [-0.3, -0.25) is 0 Å². The topological polar surface area (TPSA) is 32.3 Å². The molecule has 2 atom stereocenters. The fourth-order valence-electron chi connectivity index (χ4n) is 1.91. The van der Waals surface area contributed by atoms with Gasteiger partial charge in [0.1, 0.15) is 0 Å². The molecule has 0 fully saturated rings. The lowest BCUT2D eigenvalue weighted by Crippen LogP contribution is -2.30. The Hall–Kier alpha value is -0.220. The van der Waals surface area contributed by atoms with Crippen molar-refractivity contribution in [3.05, 3.63) is 28.8 Å². The number of benzene rings is 1. The van der Waals surface area contributed by atoms with Gasteiger partial charge in [0, 0.05) is 17.5 Å². The molecule has 0 aromatic heterocycles. The zero-order valence-electron chi connectivity index (χ0n) is 9.24. The van der Waals surface area contributed by atoms with E-state index in [9.17, 15) is 5.11 Å². The minimum atomic E-state index is -0.308. The first-order valence-corrected chi connectivity index (χ1v) is 6.87. The Morgan fingerprint density at radius 1 is 1.62 bits per heavy atom. The number of fused-ring (bicyclic) bond motifs is 1. The summed E-state index contributed by atoms with van der Waals surface area (Å²) in [5.41, 5.74) is 1.27. The number of rotatable bonds is 3. The van der Waals surface area contributed by atoms with Crippen molar-refractivity contribution in [1.29, 1.82) is 0 Å². The summed E-state index contributed by atoms with van der Waals surface area (Å²) in [6.07, 6.45) is 0.780. The third-order valence-corrected chi connectivity index (χ3v) is 4.30. The molecule has 88 valence electrons. The summed E-state index contributed by atoms with van der Waals surface area (Å²) in [7, 11) is 0. The van der Waals surface area contributed by atoms with Crippen LogP contribution in [0.15, 0.2) is 23.1 Å².